The Balaban J connectivity index is 2.00. The summed E-state index contributed by atoms with van der Waals surface area (Å²) < 4.78 is 28.0. The highest BCUT2D eigenvalue weighted by molar-refractivity contribution is 7.91. The van der Waals surface area contributed by atoms with E-state index < -0.39 is 9.84 Å². The first-order valence-electron chi connectivity index (χ1n) is 8.18. The number of nitrogens with zero attached hydrogens (tertiary/aromatic N) is 2. The zero-order valence-corrected chi connectivity index (χ0v) is 16.2. The molecule has 0 bridgehead atoms. The topological polar surface area (TPSA) is 78.0 Å². The molecule has 5 nitrogen and oxygen atoms in total. The summed E-state index contributed by atoms with van der Waals surface area (Å²) in [6.45, 7) is 4.22. The van der Waals surface area contributed by atoms with Crippen LogP contribution in [0.1, 0.15) is 17.0 Å². The van der Waals surface area contributed by atoms with Crippen LogP contribution in [0.4, 0.5) is 5.82 Å². The lowest BCUT2D eigenvalue weighted by molar-refractivity contribution is 0.595. The standard InChI is InChI=1S/C19H20ClN3O2S/c1-13-14(2)23(12-10-16-5-3-4-11-22-16)19(21)18(13)26(24,25)17-8-6-15(20)7-9-17/h3-9,11H,10,12,21H2,1-2H3. The fraction of sp³-hybridized carbons (Fsp3) is 0.211. The quantitative estimate of drug-likeness (QED) is 0.719. The molecule has 0 saturated carbocycles. The molecule has 3 aromatic rings. The van der Waals surface area contributed by atoms with Gasteiger partial charge < -0.3 is 10.3 Å². The molecule has 136 valence electrons. The smallest absolute Gasteiger partial charge is 0.210 e. The molecule has 7 heteroatoms. The van der Waals surface area contributed by atoms with E-state index >= 15 is 0 Å². The lowest BCUT2D eigenvalue weighted by atomic mass is 10.2. The molecule has 0 radical (unpaired) electrons. The second-order valence-corrected chi connectivity index (χ2v) is 8.43. The second kappa shape index (κ2) is 7.13. The Labute approximate surface area is 158 Å². The minimum Gasteiger partial charge on any atom is -0.384 e. The van der Waals surface area contributed by atoms with E-state index in [1.54, 1.807) is 25.3 Å². The predicted molar refractivity (Wildman–Crippen MR) is 103 cm³/mol. The van der Waals surface area contributed by atoms with Gasteiger partial charge in [-0.05, 0) is 55.8 Å². The third kappa shape index (κ3) is 3.34. The van der Waals surface area contributed by atoms with Gasteiger partial charge in [-0.15, -0.1) is 0 Å². The molecule has 0 aliphatic carbocycles. The minimum atomic E-state index is -3.72. The number of anilines is 1. The van der Waals surface area contributed by atoms with Gasteiger partial charge in [-0.2, -0.15) is 0 Å². The highest BCUT2D eigenvalue weighted by Crippen LogP contribution is 2.33. The fourth-order valence-corrected chi connectivity index (χ4v) is 4.79. The number of rotatable bonds is 5. The van der Waals surface area contributed by atoms with E-state index in [2.05, 4.69) is 4.98 Å². The second-order valence-electron chi connectivity index (χ2n) is 6.10. The highest BCUT2D eigenvalue weighted by Gasteiger charge is 2.28. The van der Waals surface area contributed by atoms with Gasteiger partial charge in [-0.25, -0.2) is 8.42 Å². The molecule has 0 aliphatic heterocycles. The van der Waals surface area contributed by atoms with Crippen LogP contribution in [-0.4, -0.2) is 18.0 Å². The van der Waals surface area contributed by atoms with Crippen molar-refractivity contribution in [3.05, 3.63) is 70.6 Å². The summed E-state index contributed by atoms with van der Waals surface area (Å²) in [7, 11) is -3.72. The molecule has 2 N–H and O–H groups in total. The van der Waals surface area contributed by atoms with Crippen molar-refractivity contribution in [3.8, 4) is 0 Å². The van der Waals surface area contributed by atoms with Crippen molar-refractivity contribution in [2.45, 2.75) is 36.6 Å². The van der Waals surface area contributed by atoms with Gasteiger partial charge in [-0.1, -0.05) is 17.7 Å². The summed E-state index contributed by atoms with van der Waals surface area (Å²) in [5.41, 5.74) is 8.69. The molecule has 2 heterocycles. The monoisotopic (exact) mass is 389 g/mol. The summed E-state index contributed by atoms with van der Waals surface area (Å²) >= 11 is 5.87. The van der Waals surface area contributed by atoms with Crippen molar-refractivity contribution in [2.75, 3.05) is 5.73 Å². The van der Waals surface area contributed by atoms with E-state index in [0.717, 1.165) is 11.4 Å². The fourth-order valence-electron chi connectivity index (χ4n) is 2.99. The van der Waals surface area contributed by atoms with Crippen LogP contribution in [0, 0.1) is 13.8 Å². The average Bonchev–Trinajstić information content (AvgIpc) is 2.84. The zero-order valence-electron chi connectivity index (χ0n) is 14.6. The molecular weight excluding hydrogens is 370 g/mol. The first-order valence-corrected chi connectivity index (χ1v) is 10.0. The van der Waals surface area contributed by atoms with E-state index in [9.17, 15) is 8.42 Å². The van der Waals surface area contributed by atoms with Gasteiger partial charge in [0.05, 0.1) is 4.90 Å². The number of benzene rings is 1. The summed E-state index contributed by atoms with van der Waals surface area (Å²) in [6.07, 6.45) is 2.41. The molecule has 0 amide bonds. The van der Waals surface area contributed by atoms with Crippen LogP contribution < -0.4 is 5.73 Å². The molecule has 0 fully saturated rings. The minimum absolute atomic E-state index is 0.165. The third-order valence-corrected chi connectivity index (χ3v) is 6.72. The maximum atomic E-state index is 13.1. The van der Waals surface area contributed by atoms with Crippen LogP contribution in [0.2, 0.25) is 5.02 Å². The van der Waals surface area contributed by atoms with Gasteiger partial charge in [-0.3, -0.25) is 4.98 Å². The number of sulfone groups is 1. The largest absolute Gasteiger partial charge is 0.384 e. The Morgan fingerprint density at radius 1 is 1.12 bits per heavy atom. The molecule has 0 atom stereocenters. The van der Waals surface area contributed by atoms with Crippen LogP contribution in [0.25, 0.3) is 0 Å². The predicted octanol–water partition coefficient (Wildman–Crippen LogP) is 3.81. The molecule has 0 spiro atoms. The number of hydrogen-bond acceptors (Lipinski definition) is 4. The Bertz CT molecular complexity index is 1030. The number of nitrogen functional groups attached to an aromatic ring is 1. The molecule has 3 rings (SSSR count). The number of hydrogen-bond donors (Lipinski definition) is 1. The van der Waals surface area contributed by atoms with E-state index in [1.165, 1.54) is 12.1 Å². The lowest BCUT2D eigenvalue weighted by Gasteiger charge is -2.09. The molecule has 0 aliphatic rings. The van der Waals surface area contributed by atoms with Crippen LogP contribution >= 0.6 is 11.6 Å². The molecular formula is C19H20ClN3O2S. The number of nitrogens with two attached hydrogens (primary N) is 1. The summed E-state index contributed by atoms with van der Waals surface area (Å²) in [5.74, 6) is 0.255. The Morgan fingerprint density at radius 2 is 1.81 bits per heavy atom. The molecule has 26 heavy (non-hydrogen) atoms. The average molecular weight is 390 g/mol. The van der Waals surface area contributed by atoms with Gasteiger partial charge in [0.15, 0.2) is 0 Å². The SMILES string of the molecule is Cc1c(S(=O)(=O)c2ccc(Cl)cc2)c(N)n(CCc2ccccn2)c1C. The van der Waals surface area contributed by atoms with Crippen molar-refractivity contribution >= 4 is 27.3 Å². The lowest BCUT2D eigenvalue weighted by Crippen LogP contribution is -2.10. The Morgan fingerprint density at radius 3 is 2.42 bits per heavy atom. The van der Waals surface area contributed by atoms with Gasteiger partial charge >= 0.3 is 0 Å². The maximum Gasteiger partial charge on any atom is 0.210 e. The Kier molecular flexibility index (Phi) is 5.07. The van der Waals surface area contributed by atoms with Crippen LogP contribution in [0.5, 0.6) is 0 Å². The number of aromatic nitrogens is 2. The van der Waals surface area contributed by atoms with Gasteiger partial charge in [0, 0.05) is 35.6 Å². The molecule has 0 saturated heterocycles. The maximum absolute atomic E-state index is 13.1. The molecule has 2 aromatic heterocycles. The van der Waals surface area contributed by atoms with Crippen molar-refractivity contribution in [2.24, 2.45) is 0 Å². The van der Waals surface area contributed by atoms with Crippen LogP contribution in [-0.2, 0) is 22.8 Å². The number of aryl methyl sites for hydroxylation is 1. The Hall–Kier alpha value is -2.31. The highest BCUT2D eigenvalue weighted by atomic mass is 35.5. The van der Waals surface area contributed by atoms with Crippen LogP contribution in [0.15, 0.2) is 58.5 Å². The van der Waals surface area contributed by atoms with Crippen molar-refractivity contribution in [1.82, 2.24) is 9.55 Å². The van der Waals surface area contributed by atoms with E-state index in [0.29, 0.717) is 23.6 Å². The van der Waals surface area contributed by atoms with Crippen molar-refractivity contribution < 1.29 is 8.42 Å². The molecule has 1 aromatic carbocycles. The zero-order chi connectivity index (χ0) is 18.9. The van der Waals surface area contributed by atoms with Gasteiger partial charge in [0.1, 0.15) is 10.7 Å². The third-order valence-electron chi connectivity index (χ3n) is 4.52. The summed E-state index contributed by atoms with van der Waals surface area (Å²) in [4.78, 5) is 4.65. The van der Waals surface area contributed by atoms with Crippen molar-refractivity contribution in [1.29, 1.82) is 0 Å². The first-order chi connectivity index (χ1) is 12.3. The van der Waals surface area contributed by atoms with E-state index in [1.807, 2.05) is 29.7 Å². The van der Waals surface area contributed by atoms with E-state index in [4.69, 9.17) is 17.3 Å². The normalized spacial score (nSPS) is 11.7. The van der Waals surface area contributed by atoms with Crippen molar-refractivity contribution in [3.63, 3.8) is 0 Å². The van der Waals surface area contributed by atoms with Crippen LogP contribution in [0.3, 0.4) is 0 Å². The summed E-state index contributed by atoms with van der Waals surface area (Å²) in [6, 6.07) is 11.8. The summed E-state index contributed by atoms with van der Waals surface area (Å²) in [5, 5.41) is 0.484. The van der Waals surface area contributed by atoms with Gasteiger partial charge in [0.2, 0.25) is 9.84 Å². The number of pyridine rings is 1. The number of halogens is 1. The molecule has 0 unspecified atom stereocenters. The van der Waals surface area contributed by atoms with E-state index in [-0.39, 0.29) is 15.6 Å². The first kappa shape index (κ1) is 18.5. The van der Waals surface area contributed by atoms with Gasteiger partial charge in [0.25, 0.3) is 0 Å².